The highest BCUT2D eigenvalue weighted by Gasteiger charge is 2.43. The summed E-state index contributed by atoms with van der Waals surface area (Å²) in [6, 6.07) is 0. The Morgan fingerprint density at radius 1 is 1.16 bits per heavy atom. The highest BCUT2D eigenvalue weighted by atomic mass is 32.2. The first-order valence-corrected chi connectivity index (χ1v) is 8.00. The number of hydrogen-bond donors (Lipinski definition) is 0. The maximum atomic E-state index is 12.5. The summed E-state index contributed by atoms with van der Waals surface area (Å²) in [7, 11) is 0.494. The molecule has 7 heteroatoms. The molecule has 0 aromatic carbocycles. The van der Waals surface area contributed by atoms with Gasteiger partial charge in [-0.25, -0.2) is 13.4 Å². The van der Waals surface area contributed by atoms with Gasteiger partial charge in [-0.05, 0) is 25.8 Å². The fourth-order valence-electron chi connectivity index (χ4n) is 3.16. The van der Waals surface area contributed by atoms with Crippen molar-refractivity contribution in [3.8, 4) is 0 Å². The number of aryl methyl sites for hydroxylation is 2. The van der Waals surface area contributed by atoms with Crippen LogP contribution in [0, 0.1) is 18.8 Å². The van der Waals surface area contributed by atoms with Gasteiger partial charge in [0.25, 0.3) is 10.0 Å². The van der Waals surface area contributed by atoms with Gasteiger partial charge in [-0.2, -0.15) is 4.31 Å². The maximum Gasteiger partial charge on any atom is 0.262 e. The molecule has 2 aliphatic heterocycles. The molecule has 2 atom stereocenters. The second-order valence-electron chi connectivity index (χ2n) is 5.80. The van der Waals surface area contributed by atoms with Gasteiger partial charge in [-0.3, -0.25) is 0 Å². The van der Waals surface area contributed by atoms with Gasteiger partial charge in [0.05, 0.1) is 0 Å². The first-order chi connectivity index (χ1) is 8.88. The second-order valence-corrected chi connectivity index (χ2v) is 7.69. The number of aromatic nitrogens is 2. The van der Waals surface area contributed by atoms with E-state index in [0.29, 0.717) is 24.9 Å². The van der Waals surface area contributed by atoms with E-state index < -0.39 is 10.0 Å². The van der Waals surface area contributed by atoms with E-state index in [1.165, 1.54) is 0 Å². The molecular weight excluding hydrogens is 264 g/mol. The largest absolute Gasteiger partial charge is 0.337 e. The normalized spacial score (nSPS) is 29.0. The number of sulfonamides is 1. The van der Waals surface area contributed by atoms with E-state index in [0.717, 1.165) is 18.9 Å². The van der Waals surface area contributed by atoms with Gasteiger partial charge in [0, 0.05) is 39.4 Å². The van der Waals surface area contributed by atoms with Gasteiger partial charge >= 0.3 is 0 Å². The number of imidazole rings is 1. The molecule has 6 nitrogen and oxygen atoms in total. The van der Waals surface area contributed by atoms with Gasteiger partial charge in [0.15, 0.2) is 5.03 Å². The first kappa shape index (κ1) is 13.1. The molecule has 3 heterocycles. The van der Waals surface area contributed by atoms with Crippen molar-refractivity contribution in [2.45, 2.75) is 11.9 Å². The average molecular weight is 284 g/mol. The third-order valence-electron chi connectivity index (χ3n) is 4.33. The van der Waals surface area contributed by atoms with E-state index >= 15 is 0 Å². The molecule has 1 aromatic heterocycles. The Morgan fingerprint density at radius 3 is 2.21 bits per heavy atom. The predicted molar refractivity (Wildman–Crippen MR) is 71.2 cm³/mol. The van der Waals surface area contributed by atoms with Crippen LogP contribution >= 0.6 is 0 Å². The van der Waals surface area contributed by atoms with Gasteiger partial charge in [0.1, 0.15) is 5.82 Å². The lowest BCUT2D eigenvalue weighted by molar-refractivity contribution is 0.349. The lowest BCUT2D eigenvalue weighted by atomic mass is 10.0. The number of nitrogens with zero attached hydrogens (tertiary/aromatic N) is 4. The molecule has 0 radical (unpaired) electrons. The minimum atomic E-state index is -3.42. The molecule has 2 fully saturated rings. The fraction of sp³-hybridized carbons (Fsp3) is 0.750. The SMILES string of the molecule is Cc1nc(S(=O)(=O)N2CC3CN(C)CC3C2)cn1C. The summed E-state index contributed by atoms with van der Waals surface area (Å²) in [4.78, 5) is 6.44. The van der Waals surface area contributed by atoms with E-state index in [2.05, 4.69) is 16.9 Å². The summed E-state index contributed by atoms with van der Waals surface area (Å²) in [5.74, 6) is 1.67. The zero-order valence-electron chi connectivity index (χ0n) is 11.6. The monoisotopic (exact) mass is 284 g/mol. The standard InChI is InChI=1S/C12H20N4O2S/c1-9-13-12(8-15(9)3)19(17,18)16-6-10-4-14(2)5-11(10)7-16/h8,10-11H,4-7H2,1-3H3. The van der Waals surface area contributed by atoms with Crippen LogP contribution in [0.2, 0.25) is 0 Å². The summed E-state index contributed by atoms with van der Waals surface area (Å²) < 4.78 is 28.5. The highest BCUT2D eigenvalue weighted by Crippen LogP contribution is 2.33. The average Bonchev–Trinajstić information content (AvgIpc) is 2.93. The van der Waals surface area contributed by atoms with Gasteiger partial charge in [-0.1, -0.05) is 0 Å². The summed E-state index contributed by atoms with van der Waals surface area (Å²) >= 11 is 0. The molecule has 106 valence electrons. The van der Waals surface area contributed by atoms with Crippen LogP contribution in [0.15, 0.2) is 11.2 Å². The van der Waals surface area contributed by atoms with E-state index in [4.69, 9.17) is 0 Å². The van der Waals surface area contributed by atoms with Crippen LogP contribution in [-0.2, 0) is 17.1 Å². The van der Waals surface area contributed by atoms with Crippen LogP contribution in [0.25, 0.3) is 0 Å². The Balaban J connectivity index is 1.83. The van der Waals surface area contributed by atoms with E-state index in [1.807, 2.05) is 14.0 Å². The van der Waals surface area contributed by atoms with Crippen LogP contribution in [0.5, 0.6) is 0 Å². The molecule has 2 saturated heterocycles. The lowest BCUT2D eigenvalue weighted by Crippen LogP contribution is -2.32. The molecule has 0 bridgehead atoms. The third kappa shape index (κ3) is 2.09. The number of hydrogen-bond acceptors (Lipinski definition) is 4. The van der Waals surface area contributed by atoms with Crippen molar-refractivity contribution in [1.29, 1.82) is 0 Å². The number of likely N-dealkylation sites (tertiary alicyclic amines) is 1. The molecule has 3 rings (SSSR count). The molecule has 1 aromatic rings. The van der Waals surface area contributed by atoms with Crippen LogP contribution in [-0.4, -0.2) is 60.4 Å². The lowest BCUT2D eigenvalue weighted by Gasteiger charge is -2.17. The first-order valence-electron chi connectivity index (χ1n) is 6.56. The molecule has 0 aliphatic carbocycles. The second kappa shape index (κ2) is 4.29. The van der Waals surface area contributed by atoms with E-state index in [9.17, 15) is 8.42 Å². The van der Waals surface area contributed by atoms with Crippen molar-refractivity contribution in [2.75, 3.05) is 33.2 Å². The fourth-order valence-corrected chi connectivity index (χ4v) is 4.74. The molecule has 0 N–H and O–H groups in total. The van der Waals surface area contributed by atoms with Crippen molar-refractivity contribution in [3.63, 3.8) is 0 Å². The summed E-state index contributed by atoms with van der Waals surface area (Å²) in [5.41, 5.74) is 0. The number of rotatable bonds is 2. The van der Waals surface area contributed by atoms with Crippen molar-refractivity contribution in [3.05, 3.63) is 12.0 Å². The zero-order valence-corrected chi connectivity index (χ0v) is 12.4. The van der Waals surface area contributed by atoms with Gasteiger partial charge in [-0.15, -0.1) is 0 Å². The molecular formula is C12H20N4O2S. The Bertz CT molecular complexity index is 561. The van der Waals surface area contributed by atoms with E-state index in [1.54, 1.807) is 15.1 Å². The Morgan fingerprint density at radius 2 is 1.74 bits per heavy atom. The number of fused-ring (bicyclic) bond motifs is 1. The van der Waals surface area contributed by atoms with Crippen molar-refractivity contribution >= 4 is 10.0 Å². The molecule has 0 amide bonds. The molecule has 0 spiro atoms. The Hall–Kier alpha value is -0.920. The van der Waals surface area contributed by atoms with Crippen LogP contribution in [0.3, 0.4) is 0 Å². The summed E-state index contributed by atoms with van der Waals surface area (Å²) in [6.07, 6.45) is 1.60. The molecule has 2 unspecified atom stereocenters. The molecule has 2 aliphatic rings. The summed E-state index contributed by atoms with van der Waals surface area (Å²) in [6.45, 7) is 5.07. The van der Waals surface area contributed by atoms with Crippen molar-refractivity contribution < 1.29 is 8.42 Å². The quantitative estimate of drug-likeness (QED) is 0.761. The maximum absolute atomic E-state index is 12.5. The molecule has 19 heavy (non-hydrogen) atoms. The Labute approximate surface area is 114 Å². The zero-order chi connectivity index (χ0) is 13.8. The van der Waals surface area contributed by atoms with Gasteiger partial charge in [0.2, 0.25) is 0 Å². The predicted octanol–water partition coefficient (Wildman–Crippen LogP) is -0.0894. The topological polar surface area (TPSA) is 58.4 Å². The Kier molecular flexibility index (Phi) is 2.95. The van der Waals surface area contributed by atoms with Crippen LogP contribution in [0.1, 0.15) is 5.82 Å². The van der Waals surface area contributed by atoms with Crippen molar-refractivity contribution in [2.24, 2.45) is 18.9 Å². The van der Waals surface area contributed by atoms with Crippen LogP contribution in [0.4, 0.5) is 0 Å². The molecule has 0 saturated carbocycles. The highest BCUT2D eigenvalue weighted by molar-refractivity contribution is 7.89. The van der Waals surface area contributed by atoms with E-state index in [-0.39, 0.29) is 5.03 Å². The third-order valence-corrected chi connectivity index (χ3v) is 6.03. The van der Waals surface area contributed by atoms with Gasteiger partial charge < -0.3 is 9.47 Å². The minimum Gasteiger partial charge on any atom is -0.337 e. The minimum absolute atomic E-state index is 0.181. The smallest absolute Gasteiger partial charge is 0.262 e. The van der Waals surface area contributed by atoms with Crippen molar-refractivity contribution in [1.82, 2.24) is 18.8 Å². The summed E-state index contributed by atoms with van der Waals surface area (Å²) in [5, 5.41) is 0.181. The van der Waals surface area contributed by atoms with Crippen LogP contribution < -0.4 is 0 Å².